The van der Waals surface area contributed by atoms with E-state index in [1.807, 2.05) is 51.1 Å². The third-order valence-electron chi connectivity index (χ3n) is 2.68. The summed E-state index contributed by atoms with van der Waals surface area (Å²) in [6.07, 6.45) is 4.77. The minimum absolute atomic E-state index is 0.0473. The van der Waals surface area contributed by atoms with Crippen LogP contribution < -0.4 is 0 Å². The Kier molecular flexibility index (Phi) is 3.60. The summed E-state index contributed by atoms with van der Waals surface area (Å²) in [6, 6.07) is 9.80. The van der Waals surface area contributed by atoms with Crippen LogP contribution in [0.2, 0.25) is 0 Å². The predicted molar refractivity (Wildman–Crippen MR) is 75.3 cm³/mol. The largest absolute Gasteiger partial charge is 0.294 e. The van der Waals surface area contributed by atoms with Crippen LogP contribution in [-0.2, 0) is 4.79 Å². The second kappa shape index (κ2) is 5.18. The third-order valence-corrected chi connectivity index (χ3v) is 2.68. The molecule has 1 heterocycles. The Balaban J connectivity index is 2.15. The van der Waals surface area contributed by atoms with E-state index in [1.165, 1.54) is 10.9 Å². The topological polar surface area (TPSA) is 47.8 Å². The van der Waals surface area contributed by atoms with Crippen molar-refractivity contribution in [3.8, 4) is 11.3 Å². The zero-order valence-corrected chi connectivity index (χ0v) is 11.4. The van der Waals surface area contributed by atoms with Crippen LogP contribution in [0, 0.1) is 5.41 Å². The minimum atomic E-state index is -0.383. The molecule has 2 aromatic rings. The molecule has 0 unspecified atom stereocenters. The predicted octanol–water partition coefficient (Wildman–Crippen LogP) is 3.03. The number of allylic oxidation sites excluding steroid dienone is 1. The van der Waals surface area contributed by atoms with Gasteiger partial charge < -0.3 is 0 Å². The molecule has 0 bridgehead atoms. The molecule has 0 fully saturated rings. The van der Waals surface area contributed by atoms with Crippen molar-refractivity contribution in [3.63, 3.8) is 0 Å². The van der Waals surface area contributed by atoms with Crippen molar-refractivity contribution in [2.24, 2.45) is 5.41 Å². The Bertz CT molecular complexity index is 591. The van der Waals surface area contributed by atoms with Crippen molar-refractivity contribution in [3.05, 3.63) is 42.6 Å². The molecule has 4 heteroatoms. The quantitative estimate of drug-likeness (QED) is 0.792. The zero-order valence-electron chi connectivity index (χ0n) is 11.4. The number of benzene rings is 1. The molecule has 0 saturated heterocycles. The summed E-state index contributed by atoms with van der Waals surface area (Å²) in [5.41, 5.74) is 1.41. The van der Waals surface area contributed by atoms with E-state index < -0.39 is 0 Å². The average Bonchev–Trinajstić information content (AvgIpc) is 2.84. The summed E-state index contributed by atoms with van der Waals surface area (Å²) in [4.78, 5) is 13.2. The summed E-state index contributed by atoms with van der Waals surface area (Å²) in [7, 11) is 0. The van der Waals surface area contributed by atoms with Crippen LogP contribution in [0.3, 0.4) is 0 Å². The van der Waals surface area contributed by atoms with Crippen LogP contribution in [0.5, 0.6) is 0 Å². The van der Waals surface area contributed by atoms with E-state index >= 15 is 0 Å². The lowest BCUT2D eigenvalue weighted by Crippen LogP contribution is -2.17. The molecule has 0 radical (unpaired) electrons. The van der Waals surface area contributed by atoms with Crippen molar-refractivity contribution in [2.45, 2.75) is 20.8 Å². The zero-order chi connectivity index (χ0) is 13.9. The summed E-state index contributed by atoms with van der Waals surface area (Å²) >= 11 is 0. The van der Waals surface area contributed by atoms with Gasteiger partial charge in [-0.2, -0.15) is 9.90 Å². The van der Waals surface area contributed by atoms with E-state index in [-0.39, 0.29) is 11.2 Å². The highest BCUT2D eigenvalue weighted by Crippen LogP contribution is 2.16. The molecule has 0 saturated carbocycles. The first kappa shape index (κ1) is 13.2. The maximum atomic E-state index is 11.8. The normalized spacial score (nSPS) is 11.9. The van der Waals surface area contributed by atoms with Crippen molar-refractivity contribution in [2.75, 3.05) is 0 Å². The molecular formula is C15H17N3O. The van der Waals surface area contributed by atoms with Crippen LogP contribution in [-0.4, -0.2) is 20.8 Å². The highest BCUT2D eigenvalue weighted by molar-refractivity contribution is 5.95. The second-order valence-corrected chi connectivity index (χ2v) is 5.35. The van der Waals surface area contributed by atoms with Crippen LogP contribution in [0.1, 0.15) is 20.8 Å². The smallest absolute Gasteiger partial charge is 0.162 e. The second-order valence-electron chi connectivity index (χ2n) is 5.35. The summed E-state index contributed by atoms with van der Waals surface area (Å²) in [5, 5.41) is 8.41. The van der Waals surface area contributed by atoms with Crippen molar-refractivity contribution in [1.82, 2.24) is 15.0 Å². The Morgan fingerprint density at radius 1 is 1.21 bits per heavy atom. The van der Waals surface area contributed by atoms with Gasteiger partial charge in [-0.25, -0.2) is 0 Å². The van der Waals surface area contributed by atoms with Gasteiger partial charge >= 0.3 is 0 Å². The summed E-state index contributed by atoms with van der Waals surface area (Å²) < 4.78 is 0. The van der Waals surface area contributed by atoms with E-state index in [1.54, 1.807) is 12.4 Å². The van der Waals surface area contributed by atoms with Gasteiger partial charge in [0.2, 0.25) is 0 Å². The molecule has 0 aliphatic carbocycles. The number of hydrogen-bond acceptors (Lipinski definition) is 3. The SMILES string of the molecule is CC(C)(C)C(=O)/C=C/n1ncc(-c2ccccc2)n1. The van der Waals surface area contributed by atoms with Gasteiger partial charge in [-0.05, 0) is 0 Å². The van der Waals surface area contributed by atoms with E-state index in [4.69, 9.17) is 0 Å². The molecule has 4 nitrogen and oxygen atoms in total. The van der Waals surface area contributed by atoms with Gasteiger partial charge in [-0.3, -0.25) is 4.79 Å². The fourth-order valence-electron chi connectivity index (χ4n) is 1.47. The lowest BCUT2D eigenvalue weighted by atomic mass is 9.91. The lowest BCUT2D eigenvalue weighted by Gasteiger charge is -2.12. The van der Waals surface area contributed by atoms with Gasteiger partial charge in [0.15, 0.2) is 5.78 Å². The molecule has 0 spiro atoms. The first-order valence-electron chi connectivity index (χ1n) is 6.17. The number of nitrogens with zero attached hydrogens (tertiary/aromatic N) is 3. The molecule has 0 N–H and O–H groups in total. The Morgan fingerprint density at radius 2 is 1.89 bits per heavy atom. The first-order valence-corrected chi connectivity index (χ1v) is 6.17. The van der Waals surface area contributed by atoms with Crippen LogP contribution in [0.25, 0.3) is 17.5 Å². The van der Waals surface area contributed by atoms with Crippen LogP contribution in [0.15, 0.2) is 42.6 Å². The molecule has 0 aliphatic rings. The molecule has 1 aromatic carbocycles. The highest BCUT2D eigenvalue weighted by atomic mass is 16.1. The fourth-order valence-corrected chi connectivity index (χ4v) is 1.47. The molecule has 0 atom stereocenters. The monoisotopic (exact) mass is 255 g/mol. The minimum Gasteiger partial charge on any atom is -0.294 e. The third kappa shape index (κ3) is 3.37. The van der Waals surface area contributed by atoms with E-state index in [2.05, 4.69) is 10.2 Å². The number of carbonyl (C=O) groups is 1. The summed E-state index contributed by atoms with van der Waals surface area (Å²) in [5.74, 6) is 0.0473. The van der Waals surface area contributed by atoms with E-state index in [9.17, 15) is 4.79 Å². The average molecular weight is 255 g/mol. The Hall–Kier alpha value is -2.23. The number of hydrogen-bond donors (Lipinski definition) is 0. The highest BCUT2D eigenvalue weighted by Gasteiger charge is 2.18. The van der Waals surface area contributed by atoms with Crippen molar-refractivity contribution >= 4 is 12.0 Å². The van der Waals surface area contributed by atoms with Crippen LogP contribution in [0.4, 0.5) is 0 Å². The first-order chi connectivity index (χ1) is 8.97. The lowest BCUT2D eigenvalue weighted by molar-refractivity contribution is -0.121. The number of ketones is 1. The standard InChI is InChI=1S/C15H17N3O/c1-15(2,3)14(19)9-10-18-16-11-13(17-18)12-7-5-4-6-8-12/h4-11H,1-3H3/b10-9+. The number of carbonyl (C=O) groups excluding carboxylic acids is 1. The Morgan fingerprint density at radius 3 is 2.53 bits per heavy atom. The molecule has 0 aliphatic heterocycles. The van der Waals surface area contributed by atoms with Gasteiger partial charge in [0, 0.05) is 17.1 Å². The molecule has 19 heavy (non-hydrogen) atoms. The number of aromatic nitrogens is 3. The van der Waals surface area contributed by atoms with Gasteiger partial charge in [-0.15, -0.1) is 5.10 Å². The summed E-state index contributed by atoms with van der Waals surface area (Å²) in [6.45, 7) is 5.64. The van der Waals surface area contributed by atoms with Gasteiger partial charge in [0.1, 0.15) is 5.69 Å². The van der Waals surface area contributed by atoms with E-state index in [0.29, 0.717) is 0 Å². The molecule has 2 rings (SSSR count). The van der Waals surface area contributed by atoms with Crippen LogP contribution >= 0.6 is 0 Å². The maximum Gasteiger partial charge on any atom is 0.162 e. The maximum absolute atomic E-state index is 11.8. The van der Waals surface area contributed by atoms with Crippen molar-refractivity contribution < 1.29 is 4.79 Å². The molecule has 98 valence electrons. The Labute approximate surface area is 112 Å². The van der Waals surface area contributed by atoms with E-state index in [0.717, 1.165) is 11.3 Å². The molecular weight excluding hydrogens is 238 g/mol. The fraction of sp³-hybridized carbons (Fsp3) is 0.267. The van der Waals surface area contributed by atoms with Gasteiger partial charge in [-0.1, -0.05) is 51.1 Å². The van der Waals surface area contributed by atoms with Gasteiger partial charge in [0.05, 0.1) is 12.4 Å². The van der Waals surface area contributed by atoms with Crippen molar-refractivity contribution in [1.29, 1.82) is 0 Å². The molecule has 0 amide bonds. The number of rotatable bonds is 3. The molecule has 1 aromatic heterocycles. The van der Waals surface area contributed by atoms with Gasteiger partial charge in [0.25, 0.3) is 0 Å².